The van der Waals surface area contributed by atoms with Crippen molar-refractivity contribution in [3.8, 4) is 0 Å². The van der Waals surface area contributed by atoms with Crippen LogP contribution in [0, 0.1) is 11.8 Å². The van der Waals surface area contributed by atoms with Crippen molar-refractivity contribution < 1.29 is 4.79 Å². The Morgan fingerprint density at radius 3 is 2.50 bits per heavy atom. The predicted molar refractivity (Wildman–Crippen MR) is 82.2 cm³/mol. The summed E-state index contributed by atoms with van der Waals surface area (Å²) in [5.74, 6) is 0.782. The molecule has 0 bridgehead atoms. The summed E-state index contributed by atoms with van der Waals surface area (Å²) >= 11 is 0. The van der Waals surface area contributed by atoms with Crippen molar-refractivity contribution in [2.75, 3.05) is 13.6 Å². The Labute approximate surface area is 122 Å². The zero-order valence-electron chi connectivity index (χ0n) is 12.6. The van der Waals surface area contributed by atoms with Gasteiger partial charge in [0.1, 0.15) is 0 Å². The van der Waals surface area contributed by atoms with E-state index in [4.69, 9.17) is 5.73 Å². The van der Waals surface area contributed by atoms with Crippen LogP contribution in [0.25, 0.3) is 0 Å². The number of carbonyl (C=O) groups is 1. The number of benzene rings is 1. The lowest BCUT2D eigenvalue weighted by molar-refractivity contribution is -0.135. The first kappa shape index (κ1) is 15.0. The number of amides is 1. The van der Waals surface area contributed by atoms with Crippen LogP contribution < -0.4 is 5.73 Å². The molecule has 3 heteroatoms. The van der Waals surface area contributed by atoms with Gasteiger partial charge in [-0.05, 0) is 42.9 Å². The molecule has 0 spiro atoms. The van der Waals surface area contributed by atoms with Gasteiger partial charge in [-0.2, -0.15) is 0 Å². The molecule has 2 rings (SSSR count). The van der Waals surface area contributed by atoms with Gasteiger partial charge in [-0.25, -0.2) is 0 Å². The molecule has 1 aromatic carbocycles. The highest BCUT2D eigenvalue weighted by molar-refractivity contribution is 5.79. The maximum absolute atomic E-state index is 12.5. The number of hydrogen-bond donors (Lipinski definition) is 1. The van der Waals surface area contributed by atoms with Gasteiger partial charge in [-0.3, -0.25) is 4.79 Å². The van der Waals surface area contributed by atoms with Gasteiger partial charge < -0.3 is 10.6 Å². The fourth-order valence-corrected chi connectivity index (χ4v) is 3.16. The molecule has 2 unspecified atom stereocenters. The van der Waals surface area contributed by atoms with Crippen molar-refractivity contribution in [3.63, 3.8) is 0 Å². The lowest BCUT2D eigenvalue weighted by atomic mass is 9.94. The van der Waals surface area contributed by atoms with E-state index in [0.717, 1.165) is 25.7 Å². The largest absolute Gasteiger partial charge is 0.341 e. The molecule has 110 valence electrons. The van der Waals surface area contributed by atoms with E-state index < -0.39 is 0 Å². The maximum Gasteiger partial charge on any atom is 0.226 e. The summed E-state index contributed by atoms with van der Waals surface area (Å²) in [6, 6.07) is 8.53. The third-order valence-electron chi connectivity index (χ3n) is 4.51. The van der Waals surface area contributed by atoms with Crippen LogP contribution in [0.2, 0.25) is 0 Å². The summed E-state index contributed by atoms with van der Waals surface area (Å²) in [7, 11) is 1.90. The van der Waals surface area contributed by atoms with Crippen LogP contribution in [0.3, 0.4) is 0 Å². The van der Waals surface area contributed by atoms with Gasteiger partial charge in [0.15, 0.2) is 0 Å². The van der Waals surface area contributed by atoms with Gasteiger partial charge in [0.25, 0.3) is 0 Å². The molecule has 0 aliphatic heterocycles. The summed E-state index contributed by atoms with van der Waals surface area (Å²) < 4.78 is 0. The molecule has 3 nitrogen and oxygen atoms in total. The summed E-state index contributed by atoms with van der Waals surface area (Å²) in [5, 5.41) is 0. The van der Waals surface area contributed by atoms with E-state index >= 15 is 0 Å². The molecule has 0 aromatic heterocycles. The highest BCUT2D eigenvalue weighted by atomic mass is 16.2. The Morgan fingerprint density at radius 2 is 1.90 bits per heavy atom. The normalized spacial score (nSPS) is 21.9. The van der Waals surface area contributed by atoms with E-state index in [2.05, 4.69) is 31.2 Å². The van der Waals surface area contributed by atoms with Crippen molar-refractivity contribution in [1.82, 2.24) is 4.90 Å². The zero-order valence-corrected chi connectivity index (χ0v) is 12.6. The Morgan fingerprint density at radius 1 is 1.25 bits per heavy atom. The van der Waals surface area contributed by atoms with Crippen LogP contribution in [0.5, 0.6) is 0 Å². The number of rotatable bonds is 5. The topological polar surface area (TPSA) is 46.3 Å². The second-order valence-electron chi connectivity index (χ2n) is 5.90. The fourth-order valence-electron chi connectivity index (χ4n) is 3.16. The second-order valence-corrected chi connectivity index (χ2v) is 5.90. The molecule has 1 aliphatic rings. The molecule has 20 heavy (non-hydrogen) atoms. The van der Waals surface area contributed by atoms with E-state index in [1.54, 1.807) is 0 Å². The molecule has 1 saturated carbocycles. The third kappa shape index (κ3) is 3.40. The standard InChI is InChI=1S/C17H26N2O/c1-3-13-7-9-14(10-8-13)12-19(2)17(20)16-6-4-5-15(16)11-18/h7-10,15-16H,3-6,11-12,18H2,1-2H3. The smallest absolute Gasteiger partial charge is 0.226 e. The second kappa shape index (κ2) is 6.89. The highest BCUT2D eigenvalue weighted by Gasteiger charge is 2.33. The van der Waals surface area contributed by atoms with Gasteiger partial charge >= 0.3 is 0 Å². The van der Waals surface area contributed by atoms with Crippen LogP contribution in [-0.4, -0.2) is 24.4 Å². The van der Waals surface area contributed by atoms with E-state index in [0.29, 0.717) is 19.0 Å². The summed E-state index contributed by atoms with van der Waals surface area (Å²) in [6.45, 7) is 3.48. The maximum atomic E-state index is 12.5. The van der Waals surface area contributed by atoms with Gasteiger partial charge in [0, 0.05) is 19.5 Å². The summed E-state index contributed by atoms with van der Waals surface area (Å²) in [5.41, 5.74) is 8.31. The molecule has 0 radical (unpaired) electrons. The Balaban J connectivity index is 1.96. The SMILES string of the molecule is CCc1ccc(CN(C)C(=O)C2CCCC2CN)cc1. The Kier molecular flexibility index (Phi) is 5.18. The zero-order chi connectivity index (χ0) is 14.5. The molecular weight excluding hydrogens is 248 g/mol. The molecular formula is C17H26N2O. The average Bonchev–Trinajstić information content (AvgIpc) is 2.95. The monoisotopic (exact) mass is 274 g/mol. The fraction of sp³-hybridized carbons (Fsp3) is 0.588. The third-order valence-corrected chi connectivity index (χ3v) is 4.51. The van der Waals surface area contributed by atoms with Crippen molar-refractivity contribution >= 4 is 5.91 Å². The minimum absolute atomic E-state index is 0.139. The summed E-state index contributed by atoms with van der Waals surface area (Å²) in [4.78, 5) is 14.4. The number of nitrogens with zero attached hydrogens (tertiary/aromatic N) is 1. The van der Waals surface area contributed by atoms with E-state index in [-0.39, 0.29) is 11.8 Å². The van der Waals surface area contributed by atoms with Crippen molar-refractivity contribution in [2.24, 2.45) is 17.6 Å². The van der Waals surface area contributed by atoms with Crippen molar-refractivity contribution in [2.45, 2.75) is 39.2 Å². The van der Waals surface area contributed by atoms with Crippen LogP contribution in [-0.2, 0) is 17.8 Å². The molecule has 1 aliphatic carbocycles. The minimum Gasteiger partial charge on any atom is -0.341 e. The number of aryl methyl sites for hydroxylation is 1. The van der Waals surface area contributed by atoms with E-state index in [1.807, 2.05) is 11.9 Å². The first-order valence-corrected chi connectivity index (χ1v) is 7.68. The van der Waals surface area contributed by atoms with Crippen LogP contribution in [0.4, 0.5) is 0 Å². The van der Waals surface area contributed by atoms with Gasteiger partial charge in [-0.1, -0.05) is 37.6 Å². The van der Waals surface area contributed by atoms with Crippen molar-refractivity contribution in [1.29, 1.82) is 0 Å². The first-order chi connectivity index (χ1) is 9.65. The van der Waals surface area contributed by atoms with Crippen LogP contribution >= 0.6 is 0 Å². The predicted octanol–water partition coefficient (Wildman–Crippen LogP) is 2.58. The quantitative estimate of drug-likeness (QED) is 0.897. The van der Waals surface area contributed by atoms with Crippen LogP contribution in [0.1, 0.15) is 37.3 Å². The van der Waals surface area contributed by atoms with E-state index in [1.165, 1.54) is 11.1 Å². The lowest BCUT2D eigenvalue weighted by Crippen LogP contribution is -2.36. The van der Waals surface area contributed by atoms with Gasteiger partial charge in [0.2, 0.25) is 5.91 Å². The number of carbonyl (C=O) groups excluding carboxylic acids is 1. The highest BCUT2D eigenvalue weighted by Crippen LogP contribution is 2.32. The molecule has 0 heterocycles. The lowest BCUT2D eigenvalue weighted by Gasteiger charge is -2.24. The number of nitrogens with two attached hydrogens (primary N) is 1. The molecule has 1 amide bonds. The molecule has 0 saturated heterocycles. The average molecular weight is 274 g/mol. The number of hydrogen-bond acceptors (Lipinski definition) is 2. The van der Waals surface area contributed by atoms with E-state index in [9.17, 15) is 4.79 Å². The first-order valence-electron chi connectivity index (χ1n) is 7.68. The minimum atomic E-state index is 0.139. The van der Waals surface area contributed by atoms with Gasteiger partial charge in [0.05, 0.1) is 0 Å². The van der Waals surface area contributed by atoms with Gasteiger partial charge in [-0.15, -0.1) is 0 Å². The molecule has 2 N–H and O–H groups in total. The Bertz CT molecular complexity index is 441. The molecule has 1 fully saturated rings. The van der Waals surface area contributed by atoms with Crippen LogP contribution in [0.15, 0.2) is 24.3 Å². The van der Waals surface area contributed by atoms with Crippen molar-refractivity contribution in [3.05, 3.63) is 35.4 Å². The summed E-state index contributed by atoms with van der Waals surface area (Å²) in [6.07, 6.45) is 4.29. The molecule has 1 aromatic rings. The molecule has 2 atom stereocenters. The Hall–Kier alpha value is -1.35.